The van der Waals surface area contributed by atoms with Crippen LogP contribution in [0.25, 0.3) is 0 Å². The fourth-order valence-corrected chi connectivity index (χ4v) is 3.85. The van der Waals surface area contributed by atoms with Crippen LogP contribution in [0.1, 0.15) is 5.56 Å². The van der Waals surface area contributed by atoms with Crippen LogP contribution in [-0.2, 0) is 10.0 Å². The summed E-state index contributed by atoms with van der Waals surface area (Å²) in [5.74, 6) is 2.44. The van der Waals surface area contributed by atoms with Crippen LogP contribution in [0.2, 0.25) is 4.34 Å². The number of hydrogen-bond acceptors (Lipinski definition) is 3. The van der Waals surface area contributed by atoms with Gasteiger partial charge in [-0.1, -0.05) is 23.6 Å². The number of hydrogen-bond donors (Lipinski definition) is 1. The molecule has 18 heavy (non-hydrogen) atoms. The average Bonchev–Trinajstić information content (AvgIpc) is 2.76. The molecule has 1 heterocycles. The number of anilines is 1. The molecule has 0 atom stereocenters. The van der Waals surface area contributed by atoms with E-state index in [1.807, 2.05) is 0 Å². The molecule has 6 heteroatoms. The van der Waals surface area contributed by atoms with E-state index in [0.717, 1.165) is 11.3 Å². The number of nitrogens with one attached hydrogen (secondary N) is 1. The maximum absolute atomic E-state index is 12.0. The van der Waals surface area contributed by atoms with Gasteiger partial charge in [-0.3, -0.25) is 4.72 Å². The van der Waals surface area contributed by atoms with Crippen molar-refractivity contribution in [1.82, 2.24) is 0 Å². The molecule has 2 rings (SSSR count). The first kappa shape index (κ1) is 13.0. The molecule has 0 fully saturated rings. The molecule has 0 bridgehead atoms. The van der Waals surface area contributed by atoms with E-state index in [1.165, 1.54) is 6.07 Å². The maximum Gasteiger partial charge on any atom is 0.271 e. The minimum absolute atomic E-state index is 0.165. The van der Waals surface area contributed by atoms with Gasteiger partial charge < -0.3 is 0 Å². The van der Waals surface area contributed by atoms with Crippen molar-refractivity contribution >= 4 is 38.6 Å². The van der Waals surface area contributed by atoms with Crippen LogP contribution in [-0.4, -0.2) is 8.42 Å². The lowest BCUT2D eigenvalue weighted by Gasteiger charge is -2.06. The van der Waals surface area contributed by atoms with Gasteiger partial charge in [0, 0.05) is 5.56 Å². The van der Waals surface area contributed by atoms with E-state index in [9.17, 15) is 8.42 Å². The molecule has 0 unspecified atom stereocenters. The van der Waals surface area contributed by atoms with Gasteiger partial charge in [-0.25, -0.2) is 8.42 Å². The molecule has 0 amide bonds. The quantitative estimate of drug-likeness (QED) is 0.885. The lowest BCUT2D eigenvalue weighted by atomic mass is 10.2. The van der Waals surface area contributed by atoms with E-state index >= 15 is 0 Å². The Balaban J connectivity index is 2.31. The average molecular weight is 298 g/mol. The Hall–Kier alpha value is -1.48. The summed E-state index contributed by atoms with van der Waals surface area (Å²) < 4.78 is 27.0. The lowest BCUT2D eigenvalue weighted by molar-refractivity contribution is 0.603. The van der Waals surface area contributed by atoms with Crippen molar-refractivity contribution in [3.05, 3.63) is 46.3 Å². The topological polar surface area (TPSA) is 46.2 Å². The summed E-state index contributed by atoms with van der Waals surface area (Å²) in [6, 6.07) is 9.63. The van der Waals surface area contributed by atoms with Crippen molar-refractivity contribution in [1.29, 1.82) is 0 Å². The molecule has 2 aromatic rings. The third kappa shape index (κ3) is 2.85. The highest BCUT2D eigenvalue weighted by Crippen LogP contribution is 2.27. The summed E-state index contributed by atoms with van der Waals surface area (Å²) in [7, 11) is -3.60. The summed E-state index contributed by atoms with van der Waals surface area (Å²) in [5, 5.41) is 0. The van der Waals surface area contributed by atoms with Crippen molar-refractivity contribution in [2.24, 2.45) is 0 Å². The van der Waals surface area contributed by atoms with Crippen LogP contribution in [0.5, 0.6) is 0 Å². The van der Waals surface area contributed by atoms with Gasteiger partial charge in [-0.15, -0.1) is 17.8 Å². The highest BCUT2D eigenvalue weighted by Gasteiger charge is 2.16. The molecular formula is C12H8ClNO2S2. The van der Waals surface area contributed by atoms with Gasteiger partial charge in [0.25, 0.3) is 10.0 Å². The first-order valence-corrected chi connectivity index (χ1v) is 7.54. The standard InChI is InChI=1S/C12H8ClNO2S2/c1-2-9-4-3-5-10(8-9)14-18(15,16)12-7-6-11(13)17-12/h1,3-8,14H. The normalized spacial score (nSPS) is 10.9. The summed E-state index contributed by atoms with van der Waals surface area (Å²) in [6.45, 7) is 0. The zero-order valence-corrected chi connectivity index (χ0v) is 11.4. The van der Waals surface area contributed by atoms with E-state index in [4.69, 9.17) is 18.0 Å². The van der Waals surface area contributed by atoms with E-state index in [0.29, 0.717) is 15.6 Å². The van der Waals surface area contributed by atoms with Crippen molar-refractivity contribution in [2.45, 2.75) is 4.21 Å². The maximum atomic E-state index is 12.0. The molecule has 0 saturated heterocycles. The molecule has 0 aliphatic rings. The molecule has 0 radical (unpaired) electrons. The number of thiophene rings is 1. The molecule has 0 aliphatic carbocycles. The third-order valence-corrected chi connectivity index (χ3v) is 5.20. The molecule has 0 saturated carbocycles. The van der Waals surface area contributed by atoms with Gasteiger partial charge >= 0.3 is 0 Å². The van der Waals surface area contributed by atoms with Gasteiger partial charge in [0.1, 0.15) is 4.21 Å². The zero-order chi connectivity index (χ0) is 13.2. The smallest absolute Gasteiger partial charge is 0.271 e. The van der Waals surface area contributed by atoms with Crippen molar-refractivity contribution in [3.63, 3.8) is 0 Å². The van der Waals surface area contributed by atoms with Crippen LogP contribution in [0.3, 0.4) is 0 Å². The van der Waals surface area contributed by atoms with Crippen LogP contribution < -0.4 is 4.72 Å². The number of halogens is 1. The van der Waals surface area contributed by atoms with Crippen LogP contribution in [0.4, 0.5) is 5.69 Å². The fourth-order valence-electron chi connectivity index (χ4n) is 1.32. The Morgan fingerprint density at radius 3 is 2.67 bits per heavy atom. The molecule has 1 aromatic heterocycles. The molecule has 92 valence electrons. The third-order valence-electron chi connectivity index (χ3n) is 2.09. The molecular weight excluding hydrogens is 290 g/mol. The molecule has 1 aromatic carbocycles. The van der Waals surface area contributed by atoms with Crippen LogP contribution in [0.15, 0.2) is 40.6 Å². The predicted octanol–water partition coefficient (Wildman–Crippen LogP) is 3.18. The Labute approximate surface area is 114 Å². The molecule has 3 nitrogen and oxygen atoms in total. The highest BCUT2D eigenvalue weighted by atomic mass is 35.5. The minimum Gasteiger partial charge on any atom is -0.279 e. The van der Waals surface area contributed by atoms with E-state index in [-0.39, 0.29) is 4.21 Å². The van der Waals surface area contributed by atoms with Gasteiger partial charge in [0.2, 0.25) is 0 Å². The minimum atomic E-state index is -3.60. The van der Waals surface area contributed by atoms with E-state index in [1.54, 1.807) is 30.3 Å². The summed E-state index contributed by atoms with van der Waals surface area (Å²) >= 11 is 6.72. The Morgan fingerprint density at radius 1 is 1.28 bits per heavy atom. The predicted molar refractivity (Wildman–Crippen MR) is 74.5 cm³/mol. The van der Waals surface area contributed by atoms with Crippen LogP contribution >= 0.6 is 22.9 Å². The number of rotatable bonds is 3. The first-order chi connectivity index (χ1) is 8.51. The highest BCUT2D eigenvalue weighted by molar-refractivity contribution is 7.94. The Kier molecular flexibility index (Phi) is 3.62. The Bertz CT molecular complexity index is 714. The van der Waals surface area contributed by atoms with Gasteiger partial charge in [0.15, 0.2) is 0 Å². The summed E-state index contributed by atoms with van der Waals surface area (Å²) in [4.78, 5) is 0. The lowest BCUT2D eigenvalue weighted by Crippen LogP contribution is -2.11. The van der Waals surface area contributed by atoms with Crippen molar-refractivity contribution in [2.75, 3.05) is 4.72 Å². The monoisotopic (exact) mass is 297 g/mol. The SMILES string of the molecule is C#Cc1cccc(NS(=O)(=O)c2ccc(Cl)s2)c1. The van der Waals surface area contributed by atoms with E-state index < -0.39 is 10.0 Å². The fraction of sp³-hybridized carbons (Fsp3) is 0. The largest absolute Gasteiger partial charge is 0.279 e. The number of sulfonamides is 1. The number of benzene rings is 1. The second kappa shape index (κ2) is 5.02. The molecule has 0 aliphatic heterocycles. The first-order valence-electron chi connectivity index (χ1n) is 4.86. The second-order valence-corrected chi connectivity index (χ2v) is 7.01. The Morgan fingerprint density at radius 2 is 2.06 bits per heavy atom. The zero-order valence-electron chi connectivity index (χ0n) is 9.05. The van der Waals surface area contributed by atoms with Crippen molar-refractivity contribution in [3.8, 4) is 12.3 Å². The van der Waals surface area contributed by atoms with Gasteiger partial charge in [-0.05, 0) is 30.3 Å². The van der Waals surface area contributed by atoms with E-state index in [2.05, 4.69) is 10.6 Å². The van der Waals surface area contributed by atoms with Gasteiger partial charge in [0.05, 0.1) is 10.0 Å². The summed E-state index contributed by atoms with van der Waals surface area (Å²) in [6.07, 6.45) is 5.25. The van der Waals surface area contributed by atoms with Crippen LogP contribution in [0, 0.1) is 12.3 Å². The second-order valence-electron chi connectivity index (χ2n) is 3.39. The summed E-state index contributed by atoms with van der Waals surface area (Å²) in [5.41, 5.74) is 1.04. The number of terminal acetylenes is 1. The van der Waals surface area contributed by atoms with Gasteiger partial charge in [-0.2, -0.15) is 0 Å². The molecule has 1 N–H and O–H groups in total. The van der Waals surface area contributed by atoms with Crippen molar-refractivity contribution < 1.29 is 8.42 Å². The molecule has 0 spiro atoms.